The molecule has 0 aliphatic rings. The SMILES string of the molecule is Cn1nnc(-c2c(Cl)c3ccccc3n2-c2ccc(CNC(=O)O)cc2)n1. The highest BCUT2D eigenvalue weighted by atomic mass is 35.5. The first-order valence-corrected chi connectivity index (χ1v) is 8.52. The summed E-state index contributed by atoms with van der Waals surface area (Å²) in [6, 6.07) is 15.3. The van der Waals surface area contributed by atoms with Gasteiger partial charge in [0.2, 0.25) is 5.82 Å². The van der Waals surface area contributed by atoms with Crippen LogP contribution in [0.3, 0.4) is 0 Å². The van der Waals surface area contributed by atoms with Crippen molar-refractivity contribution < 1.29 is 9.90 Å². The van der Waals surface area contributed by atoms with Gasteiger partial charge in [-0.2, -0.15) is 4.80 Å². The summed E-state index contributed by atoms with van der Waals surface area (Å²) in [7, 11) is 1.70. The Hall–Kier alpha value is -3.39. The second-order valence-corrected chi connectivity index (χ2v) is 6.32. The molecule has 4 aromatic rings. The number of hydrogen-bond acceptors (Lipinski definition) is 4. The third-order valence-electron chi connectivity index (χ3n) is 4.17. The molecule has 1 amide bonds. The second-order valence-electron chi connectivity index (χ2n) is 5.94. The van der Waals surface area contributed by atoms with Crippen LogP contribution < -0.4 is 5.32 Å². The number of aryl methyl sites for hydroxylation is 1. The summed E-state index contributed by atoms with van der Waals surface area (Å²) in [5.74, 6) is 0.426. The van der Waals surface area contributed by atoms with Gasteiger partial charge in [0.05, 0.1) is 17.6 Å². The molecule has 0 atom stereocenters. The van der Waals surface area contributed by atoms with Crippen LogP contribution in [0.25, 0.3) is 28.1 Å². The summed E-state index contributed by atoms with van der Waals surface area (Å²) in [6.45, 7) is 0.237. The highest BCUT2D eigenvalue weighted by Crippen LogP contribution is 2.38. The van der Waals surface area contributed by atoms with Gasteiger partial charge in [0.1, 0.15) is 5.69 Å². The molecule has 2 aromatic carbocycles. The lowest BCUT2D eigenvalue weighted by molar-refractivity contribution is 0.194. The Morgan fingerprint density at radius 2 is 1.93 bits per heavy atom. The Morgan fingerprint density at radius 1 is 1.19 bits per heavy atom. The second kappa shape index (κ2) is 6.73. The molecular formula is C18H15ClN6O2. The Morgan fingerprint density at radius 3 is 2.59 bits per heavy atom. The number of fused-ring (bicyclic) bond motifs is 1. The van der Waals surface area contributed by atoms with Crippen LogP contribution in [0, 0.1) is 0 Å². The predicted molar refractivity (Wildman–Crippen MR) is 101 cm³/mol. The third-order valence-corrected chi connectivity index (χ3v) is 4.55. The van der Waals surface area contributed by atoms with E-state index in [1.165, 1.54) is 4.80 Å². The third kappa shape index (κ3) is 3.11. The minimum atomic E-state index is -1.06. The smallest absolute Gasteiger partial charge is 0.404 e. The minimum absolute atomic E-state index is 0.237. The highest BCUT2D eigenvalue weighted by Gasteiger charge is 2.21. The molecule has 0 spiro atoms. The number of hydrogen-bond donors (Lipinski definition) is 2. The molecule has 0 saturated heterocycles. The van der Waals surface area contributed by atoms with E-state index >= 15 is 0 Å². The van der Waals surface area contributed by atoms with E-state index in [4.69, 9.17) is 16.7 Å². The number of carbonyl (C=O) groups is 1. The van der Waals surface area contributed by atoms with Gasteiger partial charge in [-0.15, -0.1) is 10.2 Å². The molecule has 0 radical (unpaired) electrons. The van der Waals surface area contributed by atoms with Crippen LogP contribution in [0.2, 0.25) is 5.02 Å². The van der Waals surface area contributed by atoms with Crippen LogP contribution in [-0.2, 0) is 13.6 Å². The molecule has 0 aliphatic heterocycles. The number of para-hydroxylation sites is 1. The largest absolute Gasteiger partial charge is 0.465 e. The van der Waals surface area contributed by atoms with E-state index in [2.05, 4.69) is 20.7 Å². The van der Waals surface area contributed by atoms with Crippen molar-refractivity contribution in [1.82, 2.24) is 30.1 Å². The first kappa shape index (κ1) is 17.0. The number of nitrogens with zero attached hydrogens (tertiary/aromatic N) is 5. The zero-order valence-electron chi connectivity index (χ0n) is 14.3. The maximum atomic E-state index is 10.7. The summed E-state index contributed by atoms with van der Waals surface area (Å²) < 4.78 is 1.98. The van der Waals surface area contributed by atoms with Gasteiger partial charge in [-0.05, 0) is 29.0 Å². The van der Waals surface area contributed by atoms with Crippen LogP contribution in [0.4, 0.5) is 4.79 Å². The van der Waals surface area contributed by atoms with Gasteiger partial charge in [0.25, 0.3) is 0 Å². The highest BCUT2D eigenvalue weighted by molar-refractivity contribution is 6.38. The Kier molecular flexibility index (Phi) is 4.25. The molecule has 0 bridgehead atoms. The van der Waals surface area contributed by atoms with Crippen molar-refractivity contribution in [2.45, 2.75) is 6.54 Å². The number of benzene rings is 2. The molecule has 0 aliphatic carbocycles. The average Bonchev–Trinajstić information content (AvgIpc) is 3.22. The van der Waals surface area contributed by atoms with Crippen molar-refractivity contribution >= 4 is 28.6 Å². The van der Waals surface area contributed by atoms with Gasteiger partial charge in [-0.3, -0.25) is 0 Å². The number of tetrazole rings is 1. The number of amides is 1. The van der Waals surface area contributed by atoms with E-state index in [0.29, 0.717) is 16.5 Å². The Labute approximate surface area is 159 Å². The fourth-order valence-corrected chi connectivity index (χ4v) is 3.32. The lowest BCUT2D eigenvalue weighted by Crippen LogP contribution is -2.19. The molecule has 2 heterocycles. The zero-order valence-corrected chi connectivity index (χ0v) is 15.1. The molecule has 2 aromatic heterocycles. The van der Waals surface area contributed by atoms with E-state index < -0.39 is 6.09 Å². The van der Waals surface area contributed by atoms with Crippen LogP contribution in [0.5, 0.6) is 0 Å². The fourth-order valence-electron chi connectivity index (χ4n) is 2.99. The maximum absolute atomic E-state index is 10.7. The van der Waals surface area contributed by atoms with Gasteiger partial charge >= 0.3 is 6.09 Å². The number of aromatic nitrogens is 5. The van der Waals surface area contributed by atoms with E-state index in [1.54, 1.807) is 7.05 Å². The standard InChI is InChI=1S/C18H15ClN6O2/c1-24-22-17(21-23-24)16-15(19)13-4-2-3-5-14(13)25(16)12-8-6-11(7-9-12)10-20-18(26)27/h2-9,20H,10H2,1H3,(H,26,27). The summed E-state index contributed by atoms with van der Waals surface area (Å²) in [5, 5.41) is 24.9. The Balaban J connectivity index is 1.86. The summed E-state index contributed by atoms with van der Waals surface area (Å²) in [4.78, 5) is 12.0. The fraction of sp³-hybridized carbons (Fsp3) is 0.111. The quantitative estimate of drug-likeness (QED) is 0.564. The molecule has 4 rings (SSSR count). The molecule has 0 unspecified atom stereocenters. The van der Waals surface area contributed by atoms with Crippen molar-refractivity contribution in [3.8, 4) is 17.2 Å². The van der Waals surface area contributed by atoms with Crippen LogP contribution in [-0.4, -0.2) is 36.0 Å². The number of nitrogens with one attached hydrogen (secondary N) is 1. The molecule has 8 nitrogen and oxygen atoms in total. The summed E-state index contributed by atoms with van der Waals surface area (Å²) in [6.07, 6.45) is -1.06. The summed E-state index contributed by atoms with van der Waals surface area (Å²) in [5.41, 5.74) is 3.28. The van der Waals surface area contributed by atoms with E-state index in [0.717, 1.165) is 22.2 Å². The molecular weight excluding hydrogens is 368 g/mol. The van der Waals surface area contributed by atoms with Crippen LogP contribution in [0.15, 0.2) is 48.5 Å². The van der Waals surface area contributed by atoms with E-state index in [-0.39, 0.29) is 6.54 Å². The molecule has 2 N–H and O–H groups in total. The molecule has 27 heavy (non-hydrogen) atoms. The van der Waals surface area contributed by atoms with Crippen LogP contribution >= 0.6 is 11.6 Å². The molecule has 9 heteroatoms. The van der Waals surface area contributed by atoms with Crippen molar-refractivity contribution in [1.29, 1.82) is 0 Å². The minimum Gasteiger partial charge on any atom is -0.465 e. The van der Waals surface area contributed by atoms with Crippen molar-refractivity contribution in [3.05, 3.63) is 59.1 Å². The summed E-state index contributed by atoms with van der Waals surface area (Å²) >= 11 is 6.66. The topological polar surface area (TPSA) is 97.9 Å². The Bertz CT molecular complexity index is 1130. The van der Waals surface area contributed by atoms with E-state index in [1.807, 2.05) is 53.1 Å². The van der Waals surface area contributed by atoms with Gasteiger partial charge < -0.3 is 15.0 Å². The van der Waals surface area contributed by atoms with Gasteiger partial charge in [0, 0.05) is 17.6 Å². The normalized spacial score (nSPS) is 11.0. The first-order chi connectivity index (χ1) is 13.0. The predicted octanol–water partition coefficient (Wildman–Crippen LogP) is 3.24. The van der Waals surface area contributed by atoms with Crippen molar-refractivity contribution in [2.24, 2.45) is 7.05 Å². The van der Waals surface area contributed by atoms with Gasteiger partial charge in [0.15, 0.2) is 0 Å². The average molecular weight is 383 g/mol. The van der Waals surface area contributed by atoms with Crippen molar-refractivity contribution in [2.75, 3.05) is 0 Å². The lowest BCUT2D eigenvalue weighted by atomic mass is 10.2. The zero-order chi connectivity index (χ0) is 19.0. The van der Waals surface area contributed by atoms with E-state index in [9.17, 15) is 4.79 Å². The van der Waals surface area contributed by atoms with Crippen LogP contribution in [0.1, 0.15) is 5.56 Å². The molecule has 0 fully saturated rings. The number of halogens is 1. The number of carboxylic acid groups (broad SMARTS) is 1. The lowest BCUT2D eigenvalue weighted by Gasteiger charge is -2.10. The van der Waals surface area contributed by atoms with Gasteiger partial charge in [-0.25, -0.2) is 4.79 Å². The monoisotopic (exact) mass is 382 g/mol. The molecule has 0 saturated carbocycles. The molecule has 136 valence electrons. The van der Waals surface area contributed by atoms with Crippen molar-refractivity contribution in [3.63, 3.8) is 0 Å². The number of rotatable bonds is 4. The maximum Gasteiger partial charge on any atom is 0.404 e. The van der Waals surface area contributed by atoms with Gasteiger partial charge in [-0.1, -0.05) is 41.9 Å². The first-order valence-electron chi connectivity index (χ1n) is 8.14.